The van der Waals surface area contributed by atoms with Crippen molar-refractivity contribution >= 4 is 17.9 Å². The second-order valence-electron chi connectivity index (χ2n) is 19.5. The largest absolute Gasteiger partial charge is 0.462 e. The molecule has 0 N–H and O–H groups in total. The highest BCUT2D eigenvalue weighted by Crippen LogP contribution is 2.15. The van der Waals surface area contributed by atoms with E-state index in [-0.39, 0.29) is 38.0 Å². The molecule has 0 aliphatic carbocycles. The van der Waals surface area contributed by atoms with E-state index >= 15 is 0 Å². The fraction of sp³-hybridized carbons (Fsp3) is 0.609. The molecule has 0 radical (unpaired) electrons. The number of allylic oxidation sites excluding steroid dienone is 24. The van der Waals surface area contributed by atoms with Crippen LogP contribution in [0.2, 0.25) is 0 Å². The number of carbonyl (C=O) groups excluding carboxylic acids is 3. The molecule has 0 amide bonds. The molecule has 0 bridgehead atoms. The maximum absolute atomic E-state index is 12.9. The van der Waals surface area contributed by atoms with Crippen molar-refractivity contribution < 1.29 is 28.6 Å². The van der Waals surface area contributed by atoms with Crippen molar-refractivity contribution in [3.05, 3.63) is 146 Å². The molecule has 6 heteroatoms. The van der Waals surface area contributed by atoms with Crippen molar-refractivity contribution in [3.8, 4) is 0 Å². The second-order valence-corrected chi connectivity index (χ2v) is 19.5. The quantitative estimate of drug-likeness (QED) is 0.0261. The van der Waals surface area contributed by atoms with Gasteiger partial charge in [0.05, 0.1) is 0 Å². The molecular weight excluding hydrogens is 925 g/mol. The molecule has 0 rings (SSSR count). The molecule has 0 aliphatic heterocycles. The van der Waals surface area contributed by atoms with Crippen LogP contribution in [0.25, 0.3) is 0 Å². The van der Waals surface area contributed by atoms with E-state index < -0.39 is 12.1 Å². The SMILES string of the molecule is CC/C=C\C/C=C\C/C=C\C/C=C\C/C=C\C/C=C\CCC(=O)OC[C@H](COC(=O)CCCCCCCCCCCCCCCCCCCCC)OC(=O)CC/C=C\C/C=C\C/C=C\C/C=C\C/C=C\C/C=C\CC. The van der Waals surface area contributed by atoms with Gasteiger partial charge in [0.15, 0.2) is 6.10 Å². The predicted octanol–water partition coefficient (Wildman–Crippen LogP) is 20.8. The van der Waals surface area contributed by atoms with Crippen LogP contribution in [0.15, 0.2) is 146 Å². The minimum absolute atomic E-state index is 0.135. The molecule has 0 aromatic rings. The molecule has 1 atom stereocenters. The summed E-state index contributed by atoms with van der Waals surface area (Å²) in [5.41, 5.74) is 0. The summed E-state index contributed by atoms with van der Waals surface area (Å²) in [5, 5.41) is 0. The third kappa shape index (κ3) is 60.0. The van der Waals surface area contributed by atoms with Crippen molar-refractivity contribution in [2.45, 2.75) is 258 Å². The zero-order valence-corrected chi connectivity index (χ0v) is 48.3. The number of unbranched alkanes of at least 4 members (excludes halogenated alkanes) is 18. The lowest BCUT2D eigenvalue weighted by atomic mass is 10.0. The summed E-state index contributed by atoms with van der Waals surface area (Å²) in [6.45, 7) is 6.29. The maximum atomic E-state index is 12.9. The number of rotatable bonds is 53. The van der Waals surface area contributed by atoms with Gasteiger partial charge in [-0.3, -0.25) is 14.4 Å². The highest BCUT2D eigenvalue weighted by atomic mass is 16.6. The van der Waals surface area contributed by atoms with Gasteiger partial charge in [-0.15, -0.1) is 0 Å². The maximum Gasteiger partial charge on any atom is 0.306 e. The molecule has 0 fully saturated rings. The lowest BCUT2D eigenvalue weighted by Crippen LogP contribution is -2.30. The van der Waals surface area contributed by atoms with Gasteiger partial charge in [0.25, 0.3) is 0 Å². The number of carbonyl (C=O) groups is 3. The van der Waals surface area contributed by atoms with Crippen LogP contribution >= 0.6 is 0 Å². The summed E-state index contributed by atoms with van der Waals surface area (Å²) in [5.74, 6) is -1.11. The van der Waals surface area contributed by atoms with E-state index in [2.05, 4.69) is 142 Å². The lowest BCUT2D eigenvalue weighted by molar-refractivity contribution is -0.166. The van der Waals surface area contributed by atoms with Crippen molar-refractivity contribution in [1.29, 1.82) is 0 Å². The minimum Gasteiger partial charge on any atom is -0.462 e. The average molecular weight is 1040 g/mol. The summed E-state index contributed by atoms with van der Waals surface area (Å²) in [6, 6.07) is 0. The Bertz CT molecular complexity index is 1660. The Morgan fingerprint density at radius 2 is 0.520 bits per heavy atom. The van der Waals surface area contributed by atoms with Crippen molar-refractivity contribution in [2.24, 2.45) is 0 Å². The van der Waals surface area contributed by atoms with Gasteiger partial charge in [-0.2, -0.15) is 0 Å². The van der Waals surface area contributed by atoms with Gasteiger partial charge in [-0.1, -0.05) is 282 Å². The highest BCUT2D eigenvalue weighted by Gasteiger charge is 2.19. The molecule has 0 saturated carbocycles. The van der Waals surface area contributed by atoms with E-state index in [0.29, 0.717) is 19.3 Å². The van der Waals surface area contributed by atoms with E-state index in [9.17, 15) is 14.4 Å². The first kappa shape index (κ1) is 70.3. The summed E-state index contributed by atoms with van der Waals surface area (Å²) in [7, 11) is 0. The Morgan fingerprint density at radius 3 is 0.813 bits per heavy atom. The number of ether oxygens (including phenoxy) is 3. The summed E-state index contributed by atoms with van der Waals surface area (Å²) >= 11 is 0. The fourth-order valence-corrected chi connectivity index (χ4v) is 7.91. The summed E-state index contributed by atoms with van der Waals surface area (Å²) < 4.78 is 16.8. The Hall–Kier alpha value is -4.71. The van der Waals surface area contributed by atoms with Crippen molar-refractivity contribution in [3.63, 3.8) is 0 Å². The number of hydrogen-bond acceptors (Lipinski definition) is 6. The van der Waals surface area contributed by atoms with E-state index in [0.717, 1.165) is 96.3 Å². The number of hydrogen-bond donors (Lipinski definition) is 0. The molecule has 0 spiro atoms. The first-order valence-corrected chi connectivity index (χ1v) is 30.3. The minimum atomic E-state index is -0.855. The Morgan fingerprint density at radius 1 is 0.280 bits per heavy atom. The zero-order valence-electron chi connectivity index (χ0n) is 48.3. The third-order valence-electron chi connectivity index (χ3n) is 12.4. The first-order chi connectivity index (χ1) is 37.0. The van der Waals surface area contributed by atoms with E-state index in [1.807, 2.05) is 24.3 Å². The summed E-state index contributed by atoms with van der Waals surface area (Å²) in [4.78, 5) is 38.2. The van der Waals surface area contributed by atoms with E-state index in [1.54, 1.807) is 0 Å². The second kappa shape index (κ2) is 61.8. The van der Waals surface area contributed by atoms with Crippen LogP contribution in [0.4, 0.5) is 0 Å². The number of esters is 3. The van der Waals surface area contributed by atoms with Gasteiger partial charge in [0, 0.05) is 19.3 Å². The van der Waals surface area contributed by atoms with Crippen LogP contribution in [0, 0.1) is 0 Å². The topological polar surface area (TPSA) is 78.9 Å². The zero-order chi connectivity index (χ0) is 54.3. The molecule has 0 aromatic heterocycles. The molecular formula is C69H110O6. The molecule has 0 saturated heterocycles. The third-order valence-corrected chi connectivity index (χ3v) is 12.4. The van der Waals surface area contributed by atoms with Crippen LogP contribution in [0.3, 0.4) is 0 Å². The Kier molecular flexibility index (Phi) is 58.0. The van der Waals surface area contributed by atoms with Crippen LogP contribution in [-0.2, 0) is 28.6 Å². The van der Waals surface area contributed by atoms with Gasteiger partial charge < -0.3 is 14.2 Å². The van der Waals surface area contributed by atoms with Crippen molar-refractivity contribution in [1.82, 2.24) is 0 Å². The molecule has 422 valence electrons. The smallest absolute Gasteiger partial charge is 0.306 e. The Balaban J connectivity index is 4.60. The van der Waals surface area contributed by atoms with E-state index in [4.69, 9.17) is 14.2 Å². The van der Waals surface area contributed by atoms with Gasteiger partial charge >= 0.3 is 17.9 Å². The van der Waals surface area contributed by atoms with Crippen molar-refractivity contribution in [2.75, 3.05) is 13.2 Å². The van der Waals surface area contributed by atoms with Gasteiger partial charge in [0.1, 0.15) is 13.2 Å². The van der Waals surface area contributed by atoms with Crippen LogP contribution in [0.5, 0.6) is 0 Å². The summed E-state index contributed by atoms with van der Waals surface area (Å²) in [6.07, 6.45) is 88.7. The predicted molar refractivity (Wildman–Crippen MR) is 325 cm³/mol. The van der Waals surface area contributed by atoms with Gasteiger partial charge in [-0.05, 0) is 96.3 Å². The average Bonchev–Trinajstić information content (AvgIpc) is 3.41. The van der Waals surface area contributed by atoms with Crippen LogP contribution in [-0.4, -0.2) is 37.2 Å². The monoisotopic (exact) mass is 1030 g/mol. The standard InChI is InChI=1S/C69H110O6/c1-4-7-10-13-16-19-22-25-28-31-34-37-40-43-46-49-52-55-58-61-67(70)73-64-66(75-69(72)63-60-57-54-51-48-45-42-39-36-33-30-27-24-21-18-15-12-9-6-3)65-74-68(71)62-59-56-53-50-47-44-41-38-35-32-29-26-23-20-17-14-11-8-5-2/h7,9-10,12,16,18-19,21,25,27-28,30,34,36-37,39,43,45-46,48,52,54-55,57,66H,4-6,8,11,13-15,17,20,22-24,26,29,31-33,35,38,40-42,44,47,49-51,53,56,58-65H2,1-3H3/b10-7-,12-9-,19-16-,21-18-,28-25-,30-27-,37-34-,39-36-,46-43-,48-45-,55-52-,57-54-/t66-/m1/s1. The van der Waals surface area contributed by atoms with Crippen LogP contribution in [0.1, 0.15) is 252 Å². The first-order valence-electron chi connectivity index (χ1n) is 30.3. The highest BCUT2D eigenvalue weighted by molar-refractivity contribution is 5.71. The molecule has 75 heavy (non-hydrogen) atoms. The van der Waals surface area contributed by atoms with Crippen LogP contribution < -0.4 is 0 Å². The van der Waals surface area contributed by atoms with E-state index in [1.165, 1.54) is 103 Å². The molecule has 0 aromatic carbocycles. The normalized spacial score (nSPS) is 13.2. The Labute approximate surface area is 461 Å². The molecule has 0 heterocycles. The fourth-order valence-electron chi connectivity index (χ4n) is 7.91. The molecule has 6 nitrogen and oxygen atoms in total. The van der Waals surface area contributed by atoms with Gasteiger partial charge in [-0.25, -0.2) is 0 Å². The molecule has 0 aliphatic rings. The van der Waals surface area contributed by atoms with Gasteiger partial charge in [0.2, 0.25) is 0 Å². The molecule has 0 unspecified atom stereocenters. The lowest BCUT2D eigenvalue weighted by Gasteiger charge is -2.18.